The number of nitrogens with two attached hydrogens (primary N) is 1. The van der Waals surface area contributed by atoms with Crippen molar-refractivity contribution in [2.24, 2.45) is 5.73 Å². The minimum atomic E-state index is -0.651. The van der Waals surface area contributed by atoms with E-state index in [0.29, 0.717) is 26.0 Å². The number of hydrogen-bond acceptors (Lipinski definition) is 5. The van der Waals surface area contributed by atoms with Gasteiger partial charge in [0.2, 0.25) is 5.91 Å². The van der Waals surface area contributed by atoms with Crippen LogP contribution in [0.4, 0.5) is 4.79 Å². The minimum Gasteiger partial charge on any atom is -0.444 e. The molecule has 2 amide bonds. The van der Waals surface area contributed by atoms with Crippen molar-refractivity contribution in [3.8, 4) is 0 Å². The van der Waals surface area contributed by atoms with Crippen LogP contribution in [0.25, 0.3) is 0 Å². The molecular weight excluding hydrogens is 322 g/mol. The number of rotatable bonds is 5. The van der Waals surface area contributed by atoms with E-state index >= 15 is 0 Å². The number of hydroxylamine groups is 1. The van der Waals surface area contributed by atoms with E-state index in [0.717, 1.165) is 5.56 Å². The molecule has 0 radical (unpaired) electrons. The van der Waals surface area contributed by atoms with Gasteiger partial charge in [-0.3, -0.25) is 14.5 Å². The third-order valence-corrected chi connectivity index (χ3v) is 3.87. The highest BCUT2D eigenvalue weighted by atomic mass is 16.6. The van der Waals surface area contributed by atoms with E-state index in [2.05, 4.69) is 5.48 Å². The average Bonchev–Trinajstić information content (AvgIpc) is 2.54. The van der Waals surface area contributed by atoms with Crippen LogP contribution in [0.15, 0.2) is 30.3 Å². The van der Waals surface area contributed by atoms with Gasteiger partial charge in [-0.2, -0.15) is 5.48 Å². The molecule has 7 heteroatoms. The van der Waals surface area contributed by atoms with Gasteiger partial charge in [0, 0.05) is 6.54 Å². The zero-order valence-corrected chi connectivity index (χ0v) is 15.0. The first-order valence-electron chi connectivity index (χ1n) is 8.46. The maximum atomic E-state index is 12.4. The van der Waals surface area contributed by atoms with Crippen LogP contribution < -0.4 is 11.2 Å². The summed E-state index contributed by atoms with van der Waals surface area (Å²) in [4.78, 5) is 31.0. The number of carbonyl (C=O) groups excluding carboxylic acids is 2. The number of amides is 2. The summed E-state index contributed by atoms with van der Waals surface area (Å²) in [6.07, 6.45) is 0.619. The van der Waals surface area contributed by atoms with E-state index in [1.54, 1.807) is 20.8 Å². The fourth-order valence-corrected chi connectivity index (χ4v) is 2.70. The summed E-state index contributed by atoms with van der Waals surface area (Å²) in [5, 5.41) is 0. The molecule has 0 bridgehead atoms. The molecule has 1 aromatic rings. The Morgan fingerprint density at radius 2 is 1.92 bits per heavy atom. The van der Waals surface area contributed by atoms with Crippen molar-refractivity contribution in [2.45, 2.75) is 57.9 Å². The van der Waals surface area contributed by atoms with Gasteiger partial charge in [-0.05, 0) is 39.2 Å². The molecule has 25 heavy (non-hydrogen) atoms. The normalized spacial score (nSPS) is 21.0. The Morgan fingerprint density at radius 3 is 2.52 bits per heavy atom. The lowest BCUT2D eigenvalue weighted by molar-refractivity contribution is -0.125. The van der Waals surface area contributed by atoms with E-state index < -0.39 is 23.6 Å². The van der Waals surface area contributed by atoms with Gasteiger partial charge in [0.15, 0.2) is 0 Å². The van der Waals surface area contributed by atoms with E-state index in [1.807, 2.05) is 30.3 Å². The third-order valence-electron chi connectivity index (χ3n) is 3.87. The lowest BCUT2D eigenvalue weighted by Crippen LogP contribution is -2.57. The minimum absolute atomic E-state index is 0.0909. The predicted octanol–water partition coefficient (Wildman–Crippen LogP) is 1.96. The standard InChI is InChI=1S/C18H27N3O4/c1-18(2,3)25-17(23)21-11-14(9-10-15(21)16(19)22)20-24-12-13-7-5-4-6-8-13/h4-8,14-15,20H,9-12H2,1-3H3,(H2,19,22)/t14-,15+/m0/s1. The third kappa shape index (κ3) is 6.03. The average molecular weight is 349 g/mol. The smallest absolute Gasteiger partial charge is 0.411 e. The molecule has 2 atom stereocenters. The zero-order chi connectivity index (χ0) is 18.4. The number of nitrogens with zero attached hydrogens (tertiary/aromatic N) is 1. The van der Waals surface area contributed by atoms with Crippen LogP contribution in [-0.4, -0.2) is 41.1 Å². The van der Waals surface area contributed by atoms with Gasteiger partial charge in [0.1, 0.15) is 11.6 Å². The Labute approximate surface area is 148 Å². The van der Waals surface area contributed by atoms with Crippen molar-refractivity contribution in [3.63, 3.8) is 0 Å². The maximum absolute atomic E-state index is 12.4. The molecule has 1 aliphatic heterocycles. The van der Waals surface area contributed by atoms with Crippen LogP contribution in [-0.2, 0) is 21.0 Å². The highest BCUT2D eigenvalue weighted by molar-refractivity contribution is 5.84. The largest absolute Gasteiger partial charge is 0.444 e. The van der Waals surface area contributed by atoms with Crippen LogP contribution >= 0.6 is 0 Å². The molecule has 7 nitrogen and oxygen atoms in total. The van der Waals surface area contributed by atoms with Crippen LogP contribution in [0, 0.1) is 0 Å². The van der Waals surface area contributed by atoms with Crippen molar-refractivity contribution < 1.29 is 19.2 Å². The summed E-state index contributed by atoms with van der Waals surface area (Å²) >= 11 is 0. The fourth-order valence-electron chi connectivity index (χ4n) is 2.70. The first-order valence-corrected chi connectivity index (χ1v) is 8.46. The Kier molecular flexibility index (Phi) is 6.39. The first kappa shape index (κ1) is 19.2. The molecule has 0 unspecified atom stereocenters. The highest BCUT2D eigenvalue weighted by Crippen LogP contribution is 2.21. The Bertz CT molecular complexity index is 586. The molecular formula is C18H27N3O4. The summed E-state index contributed by atoms with van der Waals surface area (Å²) in [5.41, 5.74) is 8.83. The quantitative estimate of drug-likeness (QED) is 0.793. The summed E-state index contributed by atoms with van der Waals surface area (Å²) in [6, 6.07) is 9.04. The Morgan fingerprint density at radius 1 is 1.24 bits per heavy atom. The number of hydrogen-bond donors (Lipinski definition) is 2. The number of benzene rings is 1. The Hall–Kier alpha value is -2.12. The summed E-state index contributed by atoms with van der Waals surface area (Å²) in [5.74, 6) is -0.519. The van der Waals surface area contributed by atoms with E-state index in [4.69, 9.17) is 15.3 Å². The fraction of sp³-hybridized carbons (Fsp3) is 0.556. The molecule has 0 spiro atoms. The lowest BCUT2D eigenvalue weighted by atomic mass is 9.99. The Balaban J connectivity index is 1.91. The molecule has 2 rings (SSSR count). The highest BCUT2D eigenvalue weighted by Gasteiger charge is 2.37. The number of carbonyl (C=O) groups is 2. The maximum Gasteiger partial charge on any atom is 0.411 e. The lowest BCUT2D eigenvalue weighted by Gasteiger charge is -2.38. The summed E-state index contributed by atoms with van der Waals surface area (Å²) < 4.78 is 5.39. The van der Waals surface area contributed by atoms with Crippen LogP contribution in [0.2, 0.25) is 0 Å². The monoisotopic (exact) mass is 349 g/mol. The van der Waals surface area contributed by atoms with Gasteiger partial charge in [-0.15, -0.1) is 0 Å². The van der Waals surface area contributed by atoms with Crippen LogP contribution in [0.5, 0.6) is 0 Å². The van der Waals surface area contributed by atoms with Crippen molar-refractivity contribution in [1.82, 2.24) is 10.4 Å². The molecule has 0 saturated carbocycles. The molecule has 1 aromatic carbocycles. The molecule has 0 aliphatic carbocycles. The molecule has 1 saturated heterocycles. The molecule has 1 aliphatic rings. The van der Waals surface area contributed by atoms with Gasteiger partial charge in [-0.25, -0.2) is 4.79 Å². The van der Waals surface area contributed by atoms with Gasteiger partial charge < -0.3 is 10.5 Å². The summed E-state index contributed by atoms with van der Waals surface area (Å²) in [6.45, 7) is 6.08. The predicted molar refractivity (Wildman–Crippen MR) is 93.3 cm³/mol. The van der Waals surface area contributed by atoms with E-state index in [1.165, 1.54) is 4.90 Å². The second kappa shape index (κ2) is 8.31. The van der Waals surface area contributed by atoms with Gasteiger partial charge >= 0.3 is 6.09 Å². The molecule has 138 valence electrons. The van der Waals surface area contributed by atoms with Crippen molar-refractivity contribution in [3.05, 3.63) is 35.9 Å². The number of piperidine rings is 1. The van der Waals surface area contributed by atoms with Crippen LogP contribution in [0.1, 0.15) is 39.2 Å². The van der Waals surface area contributed by atoms with Gasteiger partial charge in [0.25, 0.3) is 0 Å². The molecule has 0 aromatic heterocycles. The van der Waals surface area contributed by atoms with E-state index in [9.17, 15) is 9.59 Å². The summed E-state index contributed by atoms with van der Waals surface area (Å²) in [7, 11) is 0. The number of nitrogens with one attached hydrogen (secondary N) is 1. The van der Waals surface area contributed by atoms with Gasteiger partial charge in [-0.1, -0.05) is 30.3 Å². The zero-order valence-electron chi connectivity index (χ0n) is 15.0. The first-order chi connectivity index (χ1) is 11.8. The van der Waals surface area contributed by atoms with Crippen molar-refractivity contribution in [2.75, 3.05) is 6.54 Å². The number of primary amides is 1. The van der Waals surface area contributed by atoms with Crippen LogP contribution in [0.3, 0.4) is 0 Å². The number of ether oxygens (including phenoxy) is 1. The topological polar surface area (TPSA) is 93.9 Å². The second-order valence-electron chi connectivity index (χ2n) is 7.22. The number of likely N-dealkylation sites (tertiary alicyclic amines) is 1. The van der Waals surface area contributed by atoms with E-state index in [-0.39, 0.29) is 6.04 Å². The molecule has 3 N–H and O–H groups in total. The molecule has 1 fully saturated rings. The molecule has 1 heterocycles. The van der Waals surface area contributed by atoms with Gasteiger partial charge in [0.05, 0.1) is 12.6 Å². The van der Waals surface area contributed by atoms with Crippen molar-refractivity contribution >= 4 is 12.0 Å². The second-order valence-corrected chi connectivity index (χ2v) is 7.22. The SMILES string of the molecule is CC(C)(C)OC(=O)N1C[C@@H](NOCc2ccccc2)CC[C@@H]1C(N)=O. The van der Waals surface area contributed by atoms with Crippen molar-refractivity contribution in [1.29, 1.82) is 0 Å².